The van der Waals surface area contributed by atoms with Crippen LogP contribution in [0.25, 0.3) is 17.0 Å². The van der Waals surface area contributed by atoms with Gasteiger partial charge in [0.05, 0.1) is 12.3 Å². The second kappa shape index (κ2) is 10.7. The molecular weight excluding hydrogens is 552 g/mol. The van der Waals surface area contributed by atoms with E-state index in [2.05, 4.69) is 28.2 Å². The Kier molecular flexibility index (Phi) is 7.35. The van der Waals surface area contributed by atoms with Gasteiger partial charge in [-0.2, -0.15) is 0 Å². The molecule has 2 aliphatic rings. The molecule has 0 unspecified atom stereocenters. The molecule has 0 radical (unpaired) electrons. The summed E-state index contributed by atoms with van der Waals surface area (Å²) >= 11 is 9.06. The summed E-state index contributed by atoms with van der Waals surface area (Å²) in [5.74, 6) is 0.617. The molecule has 2 amide bonds. The fourth-order valence-corrected chi connectivity index (χ4v) is 5.69. The van der Waals surface area contributed by atoms with Gasteiger partial charge in [0, 0.05) is 39.7 Å². The normalized spacial score (nSPS) is 19.1. The molecule has 0 bridgehead atoms. The number of rotatable bonds is 6. The Balaban J connectivity index is 1.45. The van der Waals surface area contributed by atoms with Gasteiger partial charge < -0.3 is 19.5 Å². The fraction of sp³-hybridized carbons (Fsp3) is 0.321. The summed E-state index contributed by atoms with van der Waals surface area (Å²) in [6, 6.07) is 13.5. The standard InChI is InChI=1S/C28H29BrN4O3S/c1-3-36-22-10-8-21(9-11-22)33-27(35)24(30-28(33)37)14-19-16-31(25-12-7-20(29)15-23(19)25)17-26(34)32-13-5-4-6-18(32)2/h7-12,14-16,18H,3-6,13,17H2,1-2H3,(H,30,37)/b24-14-/t18-/m1/s1. The quantitative estimate of drug-likeness (QED) is 0.309. The monoisotopic (exact) mass is 580 g/mol. The van der Waals surface area contributed by atoms with E-state index >= 15 is 0 Å². The number of anilines is 1. The first kappa shape index (κ1) is 25.5. The molecule has 2 fully saturated rings. The zero-order chi connectivity index (χ0) is 26.1. The van der Waals surface area contributed by atoms with Crippen LogP contribution in [0.3, 0.4) is 0 Å². The number of ether oxygens (including phenoxy) is 1. The Morgan fingerprint density at radius 3 is 2.73 bits per heavy atom. The largest absolute Gasteiger partial charge is 0.494 e. The Morgan fingerprint density at radius 1 is 1.22 bits per heavy atom. The van der Waals surface area contributed by atoms with Gasteiger partial charge in [0.1, 0.15) is 18.0 Å². The second-order valence-corrected chi connectivity index (χ2v) is 10.7. The Bertz CT molecular complexity index is 1400. The van der Waals surface area contributed by atoms with Crippen LogP contribution >= 0.6 is 28.1 Å². The zero-order valence-electron chi connectivity index (χ0n) is 20.9. The summed E-state index contributed by atoms with van der Waals surface area (Å²) in [5, 5.41) is 4.33. The maximum atomic E-state index is 13.4. The summed E-state index contributed by atoms with van der Waals surface area (Å²) in [5.41, 5.74) is 2.82. The van der Waals surface area contributed by atoms with Crippen molar-refractivity contribution in [3.63, 3.8) is 0 Å². The number of thiocarbonyl (C=S) groups is 1. The van der Waals surface area contributed by atoms with E-state index in [1.807, 2.05) is 71.1 Å². The molecule has 2 aromatic carbocycles. The lowest BCUT2D eigenvalue weighted by Gasteiger charge is -2.33. The number of likely N-dealkylation sites (tertiary alicyclic amines) is 1. The molecule has 7 nitrogen and oxygen atoms in total. The van der Waals surface area contributed by atoms with E-state index in [0.717, 1.165) is 46.1 Å². The highest BCUT2D eigenvalue weighted by Crippen LogP contribution is 2.30. The summed E-state index contributed by atoms with van der Waals surface area (Å²) < 4.78 is 8.40. The molecule has 1 N–H and O–H groups in total. The lowest BCUT2D eigenvalue weighted by molar-refractivity contribution is -0.135. The first-order valence-electron chi connectivity index (χ1n) is 12.5. The van der Waals surface area contributed by atoms with Gasteiger partial charge in [-0.15, -0.1) is 0 Å². The summed E-state index contributed by atoms with van der Waals surface area (Å²) in [6.07, 6.45) is 7.00. The molecule has 2 saturated heterocycles. The van der Waals surface area contributed by atoms with E-state index in [-0.39, 0.29) is 24.4 Å². The third-order valence-electron chi connectivity index (χ3n) is 6.89. The highest BCUT2D eigenvalue weighted by molar-refractivity contribution is 9.10. The molecule has 0 aliphatic carbocycles. The first-order valence-corrected chi connectivity index (χ1v) is 13.7. The Hall–Kier alpha value is -3.17. The highest BCUT2D eigenvalue weighted by Gasteiger charge is 2.32. The van der Waals surface area contributed by atoms with E-state index in [1.165, 1.54) is 11.3 Å². The van der Waals surface area contributed by atoms with Gasteiger partial charge in [-0.3, -0.25) is 14.5 Å². The van der Waals surface area contributed by atoms with Crippen LogP contribution in [-0.4, -0.2) is 45.6 Å². The SMILES string of the molecule is CCOc1ccc(N2C(=O)/C(=C/c3cn(CC(=O)N4CCCC[C@H]4C)c4ccc(Br)cc34)NC2=S)cc1. The second-order valence-electron chi connectivity index (χ2n) is 9.36. The number of amides is 2. The van der Waals surface area contributed by atoms with Gasteiger partial charge >= 0.3 is 0 Å². The zero-order valence-corrected chi connectivity index (χ0v) is 23.3. The Morgan fingerprint density at radius 2 is 2.00 bits per heavy atom. The van der Waals surface area contributed by atoms with Crippen molar-refractivity contribution in [1.29, 1.82) is 0 Å². The van der Waals surface area contributed by atoms with Crippen molar-refractivity contribution in [2.24, 2.45) is 0 Å². The third-order valence-corrected chi connectivity index (χ3v) is 7.66. The lowest BCUT2D eigenvalue weighted by atomic mass is 10.0. The van der Waals surface area contributed by atoms with E-state index in [4.69, 9.17) is 17.0 Å². The predicted octanol–water partition coefficient (Wildman–Crippen LogP) is 5.47. The molecule has 3 heterocycles. The topological polar surface area (TPSA) is 66.8 Å². The number of fused-ring (bicyclic) bond motifs is 1. The molecule has 0 saturated carbocycles. The molecule has 3 aromatic rings. The van der Waals surface area contributed by atoms with Crippen molar-refractivity contribution >= 4 is 67.7 Å². The molecule has 0 spiro atoms. The van der Waals surface area contributed by atoms with Gasteiger partial charge in [-0.25, -0.2) is 0 Å². The van der Waals surface area contributed by atoms with Crippen molar-refractivity contribution < 1.29 is 14.3 Å². The maximum absolute atomic E-state index is 13.4. The van der Waals surface area contributed by atoms with Gasteiger partial charge in [-0.05, 0) is 93.9 Å². The van der Waals surface area contributed by atoms with Gasteiger partial charge in [0.2, 0.25) is 5.91 Å². The number of nitrogens with one attached hydrogen (secondary N) is 1. The van der Waals surface area contributed by atoms with Crippen molar-refractivity contribution in [1.82, 2.24) is 14.8 Å². The summed E-state index contributed by atoms with van der Waals surface area (Å²) in [6.45, 7) is 5.67. The molecular formula is C28H29BrN4O3S. The third kappa shape index (κ3) is 5.15. The fourth-order valence-electron chi connectivity index (χ4n) is 5.03. The van der Waals surface area contributed by atoms with E-state index in [1.54, 1.807) is 0 Å². The van der Waals surface area contributed by atoms with E-state index in [0.29, 0.717) is 23.1 Å². The average molecular weight is 582 g/mol. The minimum Gasteiger partial charge on any atom is -0.494 e. The number of nitrogens with zero attached hydrogens (tertiary/aromatic N) is 3. The van der Waals surface area contributed by atoms with Crippen LogP contribution in [0.1, 0.15) is 38.7 Å². The molecule has 9 heteroatoms. The number of aromatic nitrogens is 1. The number of carbonyl (C=O) groups excluding carboxylic acids is 2. The molecule has 2 aliphatic heterocycles. The van der Waals surface area contributed by atoms with Crippen LogP contribution in [0.2, 0.25) is 0 Å². The molecule has 1 atom stereocenters. The molecule has 5 rings (SSSR count). The smallest absolute Gasteiger partial charge is 0.281 e. The Labute approximate surface area is 230 Å². The maximum Gasteiger partial charge on any atom is 0.281 e. The van der Waals surface area contributed by atoms with Crippen molar-refractivity contribution in [3.05, 3.63) is 64.4 Å². The number of piperidine rings is 1. The van der Waals surface area contributed by atoms with Gasteiger partial charge in [0.15, 0.2) is 5.11 Å². The van der Waals surface area contributed by atoms with Crippen molar-refractivity contribution in [2.45, 2.75) is 45.7 Å². The minimum atomic E-state index is -0.233. The van der Waals surface area contributed by atoms with Crippen LogP contribution in [0.15, 0.2) is 58.8 Å². The average Bonchev–Trinajstić information content (AvgIpc) is 3.35. The lowest BCUT2D eigenvalue weighted by Crippen LogP contribution is -2.43. The molecule has 1 aromatic heterocycles. The van der Waals surface area contributed by atoms with Crippen LogP contribution in [0.4, 0.5) is 5.69 Å². The summed E-state index contributed by atoms with van der Waals surface area (Å²) in [7, 11) is 0. The predicted molar refractivity (Wildman–Crippen MR) is 153 cm³/mol. The number of halogens is 1. The molecule has 37 heavy (non-hydrogen) atoms. The number of hydrogen-bond acceptors (Lipinski definition) is 4. The minimum absolute atomic E-state index is 0.115. The van der Waals surface area contributed by atoms with Crippen molar-refractivity contribution in [3.8, 4) is 5.75 Å². The van der Waals surface area contributed by atoms with Crippen LogP contribution in [0.5, 0.6) is 5.75 Å². The van der Waals surface area contributed by atoms with E-state index < -0.39 is 0 Å². The number of benzene rings is 2. The van der Waals surface area contributed by atoms with Gasteiger partial charge in [0.25, 0.3) is 5.91 Å². The molecule has 192 valence electrons. The highest BCUT2D eigenvalue weighted by atomic mass is 79.9. The van der Waals surface area contributed by atoms with Crippen LogP contribution < -0.4 is 15.0 Å². The van der Waals surface area contributed by atoms with Crippen LogP contribution in [0, 0.1) is 0 Å². The van der Waals surface area contributed by atoms with E-state index in [9.17, 15) is 9.59 Å². The number of carbonyl (C=O) groups is 2. The van der Waals surface area contributed by atoms with Crippen molar-refractivity contribution in [2.75, 3.05) is 18.1 Å². The first-order chi connectivity index (χ1) is 17.9. The summed E-state index contributed by atoms with van der Waals surface area (Å²) in [4.78, 5) is 30.0. The van der Waals surface area contributed by atoms with Gasteiger partial charge in [-0.1, -0.05) is 15.9 Å². The number of hydrogen-bond donors (Lipinski definition) is 1. The van der Waals surface area contributed by atoms with Crippen LogP contribution in [-0.2, 0) is 16.1 Å².